The van der Waals surface area contributed by atoms with E-state index in [0.717, 1.165) is 37.3 Å². The number of aromatic nitrogens is 3. The molecular formula is C16H23N3O. The van der Waals surface area contributed by atoms with Crippen LogP contribution in [0.15, 0.2) is 18.3 Å². The topological polar surface area (TPSA) is 39.9 Å². The third-order valence-corrected chi connectivity index (χ3v) is 3.25. The molecule has 20 heavy (non-hydrogen) atoms. The molecule has 0 fully saturated rings. The van der Waals surface area contributed by atoms with Crippen molar-refractivity contribution >= 4 is 0 Å². The monoisotopic (exact) mass is 273 g/mol. The molecule has 4 nitrogen and oxygen atoms in total. The van der Waals surface area contributed by atoms with Crippen LogP contribution < -0.4 is 4.74 Å². The van der Waals surface area contributed by atoms with Crippen LogP contribution in [0.25, 0.3) is 0 Å². The lowest BCUT2D eigenvalue weighted by molar-refractivity contribution is 0.312. The Labute approximate surface area is 120 Å². The maximum absolute atomic E-state index is 5.92. The van der Waals surface area contributed by atoms with Crippen LogP contribution in [0, 0.1) is 13.8 Å². The molecule has 0 bridgehead atoms. The SMILES string of the molecule is CCCOc1c(C)cc(C)cc1CCc1cn(C)nn1. The Bertz CT molecular complexity index is 575. The van der Waals surface area contributed by atoms with Crippen molar-refractivity contribution in [2.24, 2.45) is 7.05 Å². The summed E-state index contributed by atoms with van der Waals surface area (Å²) < 4.78 is 7.67. The predicted molar refractivity (Wildman–Crippen MR) is 80.1 cm³/mol. The molecule has 0 amide bonds. The van der Waals surface area contributed by atoms with E-state index in [4.69, 9.17) is 4.74 Å². The first-order valence-electron chi connectivity index (χ1n) is 7.18. The second kappa shape index (κ2) is 6.55. The predicted octanol–water partition coefficient (Wildman–Crippen LogP) is 3.01. The lowest BCUT2D eigenvalue weighted by Gasteiger charge is -2.14. The Kier molecular flexibility index (Phi) is 4.77. The molecular weight excluding hydrogens is 250 g/mol. The molecule has 0 spiro atoms. The molecule has 2 aromatic rings. The fourth-order valence-corrected chi connectivity index (χ4v) is 2.41. The molecule has 1 heterocycles. The lowest BCUT2D eigenvalue weighted by Crippen LogP contribution is -2.03. The average Bonchev–Trinajstić information content (AvgIpc) is 2.81. The van der Waals surface area contributed by atoms with Crippen LogP contribution in [0.5, 0.6) is 5.75 Å². The fourth-order valence-electron chi connectivity index (χ4n) is 2.41. The fraction of sp³-hybridized carbons (Fsp3) is 0.500. The molecule has 2 rings (SSSR count). The minimum absolute atomic E-state index is 0.766. The number of hydrogen-bond acceptors (Lipinski definition) is 3. The van der Waals surface area contributed by atoms with Gasteiger partial charge in [0.2, 0.25) is 0 Å². The van der Waals surface area contributed by atoms with Crippen molar-refractivity contribution in [1.82, 2.24) is 15.0 Å². The highest BCUT2D eigenvalue weighted by molar-refractivity contribution is 5.44. The van der Waals surface area contributed by atoms with E-state index in [1.165, 1.54) is 16.7 Å². The van der Waals surface area contributed by atoms with Gasteiger partial charge in [-0.05, 0) is 44.2 Å². The summed E-state index contributed by atoms with van der Waals surface area (Å²) in [4.78, 5) is 0. The average molecular weight is 273 g/mol. The van der Waals surface area contributed by atoms with Gasteiger partial charge in [0.25, 0.3) is 0 Å². The van der Waals surface area contributed by atoms with E-state index in [1.54, 1.807) is 4.68 Å². The van der Waals surface area contributed by atoms with Gasteiger partial charge in [-0.1, -0.05) is 29.8 Å². The molecule has 0 unspecified atom stereocenters. The summed E-state index contributed by atoms with van der Waals surface area (Å²) in [5, 5.41) is 8.11. The van der Waals surface area contributed by atoms with Crippen molar-refractivity contribution in [3.8, 4) is 5.75 Å². The van der Waals surface area contributed by atoms with Gasteiger partial charge in [0.1, 0.15) is 5.75 Å². The van der Waals surface area contributed by atoms with Crippen LogP contribution in [0.1, 0.15) is 35.7 Å². The van der Waals surface area contributed by atoms with E-state index in [9.17, 15) is 0 Å². The zero-order valence-corrected chi connectivity index (χ0v) is 12.8. The Balaban J connectivity index is 2.16. The van der Waals surface area contributed by atoms with Gasteiger partial charge in [0.15, 0.2) is 0 Å². The van der Waals surface area contributed by atoms with Crippen LogP contribution in [-0.4, -0.2) is 21.6 Å². The molecule has 0 atom stereocenters. The number of nitrogens with zero attached hydrogens (tertiary/aromatic N) is 3. The molecule has 4 heteroatoms. The second-order valence-electron chi connectivity index (χ2n) is 5.30. The van der Waals surface area contributed by atoms with Crippen molar-refractivity contribution in [3.05, 3.63) is 40.7 Å². The van der Waals surface area contributed by atoms with Crippen molar-refractivity contribution in [2.45, 2.75) is 40.0 Å². The number of hydrogen-bond donors (Lipinski definition) is 0. The standard InChI is InChI=1S/C16H23N3O/c1-5-8-20-16-13(3)9-12(2)10-14(16)6-7-15-11-19(4)18-17-15/h9-11H,5-8H2,1-4H3. The first-order chi connectivity index (χ1) is 9.60. The molecule has 0 aliphatic rings. The first kappa shape index (κ1) is 14.6. The summed E-state index contributed by atoms with van der Waals surface area (Å²) in [6, 6.07) is 4.39. The Morgan fingerprint density at radius 2 is 2.00 bits per heavy atom. The van der Waals surface area contributed by atoms with E-state index < -0.39 is 0 Å². The minimum Gasteiger partial charge on any atom is -0.493 e. The highest BCUT2D eigenvalue weighted by atomic mass is 16.5. The zero-order chi connectivity index (χ0) is 14.5. The van der Waals surface area contributed by atoms with E-state index in [0.29, 0.717) is 0 Å². The van der Waals surface area contributed by atoms with Crippen molar-refractivity contribution in [2.75, 3.05) is 6.61 Å². The Morgan fingerprint density at radius 1 is 1.20 bits per heavy atom. The molecule has 0 radical (unpaired) electrons. The molecule has 0 aliphatic heterocycles. The van der Waals surface area contributed by atoms with Crippen LogP contribution in [-0.2, 0) is 19.9 Å². The van der Waals surface area contributed by atoms with Gasteiger partial charge in [-0.15, -0.1) is 5.10 Å². The smallest absolute Gasteiger partial charge is 0.125 e. The van der Waals surface area contributed by atoms with Gasteiger partial charge >= 0.3 is 0 Å². The van der Waals surface area contributed by atoms with Gasteiger partial charge in [-0.2, -0.15) is 0 Å². The molecule has 108 valence electrons. The summed E-state index contributed by atoms with van der Waals surface area (Å²) >= 11 is 0. The Morgan fingerprint density at radius 3 is 2.65 bits per heavy atom. The summed E-state index contributed by atoms with van der Waals surface area (Å²) in [5.41, 5.74) is 4.78. The number of aryl methyl sites for hydroxylation is 5. The third kappa shape index (κ3) is 3.59. The van der Waals surface area contributed by atoms with Gasteiger partial charge in [-0.3, -0.25) is 4.68 Å². The first-order valence-corrected chi connectivity index (χ1v) is 7.18. The molecule has 0 saturated heterocycles. The Hall–Kier alpha value is -1.84. The quantitative estimate of drug-likeness (QED) is 0.812. The highest BCUT2D eigenvalue weighted by Gasteiger charge is 2.10. The number of benzene rings is 1. The maximum Gasteiger partial charge on any atom is 0.125 e. The largest absolute Gasteiger partial charge is 0.493 e. The molecule has 0 N–H and O–H groups in total. The summed E-state index contributed by atoms with van der Waals surface area (Å²) in [6.07, 6.45) is 4.81. The normalized spacial score (nSPS) is 10.8. The van der Waals surface area contributed by atoms with Crippen molar-refractivity contribution in [1.29, 1.82) is 0 Å². The van der Waals surface area contributed by atoms with Gasteiger partial charge in [0, 0.05) is 13.2 Å². The van der Waals surface area contributed by atoms with E-state index in [-0.39, 0.29) is 0 Å². The third-order valence-electron chi connectivity index (χ3n) is 3.25. The van der Waals surface area contributed by atoms with Crippen LogP contribution in [0.2, 0.25) is 0 Å². The number of rotatable bonds is 6. The van der Waals surface area contributed by atoms with Gasteiger partial charge in [0.05, 0.1) is 12.3 Å². The summed E-state index contributed by atoms with van der Waals surface area (Å²) in [7, 11) is 1.89. The molecule has 0 saturated carbocycles. The number of ether oxygens (including phenoxy) is 1. The molecule has 1 aromatic heterocycles. The van der Waals surface area contributed by atoms with Crippen LogP contribution in [0.3, 0.4) is 0 Å². The van der Waals surface area contributed by atoms with E-state index in [2.05, 4.69) is 43.2 Å². The van der Waals surface area contributed by atoms with E-state index >= 15 is 0 Å². The zero-order valence-electron chi connectivity index (χ0n) is 12.8. The summed E-state index contributed by atoms with van der Waals surface area (Å²) in [5.74, 6) is 1.04. The van der Waals surface area contributed by atoms with E-state index in [1.807, 2.05) is 13.2 Å². The second-order valence-corrected chi connectivity index (χ2v) is 5.30. The molecule has 0 aliphatic carbocycles. The van der Waals surface area contributed by atoms with Crippen molar-refractivity contribution < 1.29 is 4.74 Å². The van der Waals surface area contributed by atoms with Crippen LogP contribution in [0.4, 0.5) is 0 Å². The summed E-state index contributed by atoms with van der Waals surface area (Å²) in [6.45, 7) is 7.14. The lowest BCUT2D eigenvalue weighted by atomic mass is 10.0. The van der Waals surface area contributed by atoms with Gasteiger partial charge < -0.3 is 4.74 Å². The minimum atomic E-state index is 0.766. The van der Waals surface area contributed by atoms with Gasteiger partial charge in [-0.25, -0.2) is 0 Å². The van der Waals surface area contributed by atoms with Crippen LogP contribution >= 0.6 is 0 Å². The highest BCUT2D eigenvalue weighted by Crippen LogP contribution is 2.26. The molecule has 1 aromatic carbocycles. The maximum atomic E-state index is 5.92. The van der Waals surface area contributed by atoms with Crippen molar-refractivity contribution in [3.63, 3.8) is 0 Å².